The van der Waals surface area contributed by atoms with Gasteiger partial charge in [-0.1, -0.05) is 0 Å². The van der Waals surface area contributed by atoms with E-state index in [9.17, 15) is 0 Å². The molecule has 94 valence electrons. The van der Waals surface area contributed by atoms with Crippen LogP contribution in [0.5, 0.6) is 0 Å². The predicted octanol–water partition coefficient (Wildman–Crippen LogP) is 1.13. The Bertz CT molecular complexity index is 375. The molecule has 3 rings (SSSR count). The standard InChI is InChI=1S/C13H22N4/c1-16-6-5-14-13(16)9-17(2)12-7-10-3-4-11(8-12)15-10/h5-6,10-12,15H,3-4,7-9H2,1-2H3. The van der Waals surface area contributed by atoms with Crippen LogP contribution in [-0.2, 0) is 13.6 Å². The van der Waals surface area contributed by atoms with E-state index in [4.69, 9.17) is 0 Å². The Labute approximate surface area is 103 Å². The quantitative estimate of drug-likeness (QED) is 0.851. The lowest BCUT2D eigenvalue weighted by atomic mass is 9.98. The lowest BCUT2D eigenvalue weighted by molar-refractivity contribution is 0.161. The molecule has 2 aliphatic rings. The number of fused-ring (bicyclic) bond motifs is 2. The Balaban J connectivity index is 1.63. The minimum Gasteiger partial charge on any atom is -0.337 e. The summed E-state index contributed by atoms with van der Waals surface area (Å²) in [7, 11) is 4.31. The molecule has 17 heavy (non-hydrogen) atoms. The molecule has 1 aromatic rings. The molecule has 1 aromatic heterocycles. The fourth-order valence-corrected chi connectivity index (χ4v) is 3.29. The van der Waals surface area contributed by atoms with Crippen LogP contribution < -0.4 is 5.32 Å². The van der Waals surface area contributed by atoms with Crippen LogP contribution >= 0.6 is 0 Å². The van der Waals surface area contributed by atoms with Crippen molar-refractivity contribution in [3.05, 3.63) is 18.2 Å². The maximum atomic E-state index is 4.41. The van der Waals surface area contributed by atoms with Crippen LogP contribution in [0.4, 0.5) is 0 Å². The highest BCUT2D eigenvalue weighted by atomic mass is 15.2. The SMILES string of the molecule is CN(Cc1nccn1C)C1CC2CCC(C1)N2. The van der Waals surface area contributed by atoms with Crippen molar-refractivity contribution in [2.24, 2.45) is 7.05 Å². The molecule has 3 heterocycles. The third kappa shape index (κ3) is 2.24. The van der Waals surface area contributed by atoms with Crippen LogP contribution in [0, 0.1) is 0 Å². The minimum absolute atomic E-state index is 0.727. The number of aryl methyl sites for hydroxylation is 1. The molecular weight excluding hydrogens is 212 g/mol. The van der Waals surface area contributed by atoms with Gasteiger partial charge in [0.05, 0.1) is 6.54 Å². The van der Waals surface area contributed by atoms with Crippen LogP contribution in [0.3, 0.4) is 0 Å². The lowest BCUT2D eigenvalue weighted by Crippen LogP contribution is -2.46. The molecule has 0 aromatic carbocycles. The van der Waals surface area contributed by atoms with E-state index in [1.165, 1.54) is 31.5 Å². The molecule has 2 atom stereocenters. The maximum absolute atomic E-state index is 4.41. The van der Waals surface area contributed by atoms with E-state index in [1.54, 1.807) is 0 Å². The zero-order chi connectivity index (χ0) is 11.8. The van der Waals surface area contributed by atoms with E-state index in [2.05, 4.69) is 33.9 Å². The molecule has 0 aliphatic carbocycles. The summed E-state index contributed by atoms with van der Waals surface area (Å²) in [6.45, 7) is 0.966. The number of aromatic nitrogens is 2. The summed E-state index contributed by atoms with van der Waals surface area (Å²) < 4.78 is 2.12. The van der Waals surface area contributed by atoms with Gasteiger partial charge in [0, 0.05) is 37.6 Å². The van der Waals surface area contributed by atoms with Crippen LogP contribution in [-0.4, -0.2) is 39.6 Å². The van der Waals surface area contributed by atoms with E-state index >= 15 is 0 Å². The van der Waals surface area contributed by atoms with Crippen LogP contribution in [0.1, 0.15) is 31.5 Å². The Kier molecular flexibility index (Phi) is 2.92. The van der Waals surface area contributed by atoms with Gasteiger partial charge in [0.1, 0.15) is 5.82 Å². The van der Waals surface area contributed by atoms with Gasteiger partial charge >= 0.3 is 0 Å². The molecule has 2 unspecified atom stereocenters. The van der Waals surface area contributed by atoms with Crippen molar-refractivity contribution in [1.29, 1.82) is 0 Å². The van der Waals surface area contributed by atoms with Gasteiger partial charge in [0.25, 0.3) is 0 Å². The fraction of sp³-hybridized carbons (Fsp3) is 0.769. The first-order chi connectivity index (χ1) is 8.22. The molecular formula is C13H22N4. The van der Waals surface area contributed by atoms with Gasteiger partial charge in [-0.15, -0.1) is 0 Å². The number of nitrogens with zero attached hydrogens (tertiary/aromatic N) is 3. The summed E-state index contributed by atoms with van der Waals surface area (Å²) in [5.41, 5.74) is 0. The van der Waals surface area contributed by atoms with Crippen molar-refractivity contribution < 1.29 is 0 Å². The van der Waals surface area contributed by atoms with Gasteiger partial charge < -0.3 is 9.88 Å². The van der Waals surface area contributed by atoms with Crippen molar-refractivity contribution in [2.75, 3.05) is 7.05 Å². The van der Waals surface area contributed by atoms with Crippen molar-refractivity contribution in [2.45, 2.75) is 50.4 Å². The predicted molar refractivity (Wildman–Crippen MR) is 67.6 cm³/mol. The molecule has 4 heteroatoms. The molecule has 2 saturated heterocycles. The van der Waals surface area contributed by atoms with E-state index < -0.39 is 0 Å². The van der Waals surface area contributed by atoms with Crippen LogP contribution in [0.2, 0.25) is 0 Å². The average Bonchev–Trinajstić information content (AvgIpc) is 2.86. The molecule has 4 nitrogen and oxygen atoms in total. The monoisotopic (exact) mass is 234 g/mol. The summed E-state index contributed by atoms with van der Waals surface area (Å²) in [5, 5.41) is 3.70. The van der Waals surface area contributed by atoms with Gasteiger partial charge in [-0.3, -0.25) is 4.90 Å². The second-order valence-electron chi connectivity index (χ2n) is 5.63. The van der Waals surface area contributed by atoms with Crippen molar-refractivity contribution in [3.8, 4) is 0 Å². The summed E-state index contributed by atoms with van der Waals surface area (Å²) in [6, 6.07) is 2.26. The van der Waals surface area contributed by atoms with Gasteiger partial charge in [0.2, 0.25) is 0 Å². The molecule has 2 bridgehead atoms. The topological polar surface area (TPSA) is 33.1 Å². The second-order valence-corrected chi connectivity index (χ2v) is 5.63. The van der Waals surface area contributed by atoms with E-state index in [0.717, 1.165) is 24.7 Å². The first kappa shape index (κ1) is 11.2. The molecule has 0 radical (unpaired) electrons. The Morgan fingerprint density at radius 3 is 2.71 bits per heavy atom. The summed E-state index contributed by atoms with van der Waals surface area (Å²) in [6.07, 6.45) is 9.26. The van der Waals surface area contributed by atoms with Crippen LogP contribution in [0.15, 0.2) is 12.4 Å². The normalized spacial score (nSPS) is 32.3. The highest BCUT2D eigenvalue weighted by molar-refractivity contribution is 4.97. The largest absolute Gasteiger partial charge is 0.337 e. The van der Waals surface area contributed by atoms with Crippen molar-refractivity contribution in [3.63, 3.8) is 0 Å². The minimum atomic E-state index is 0.727. The molecule has 1 N–H and O–H groups in total. The molecule has 0 spiro atoms. The van der Waals surface area contributed by atoms with Gasteiger partial charge in [-0.2, -0.15) is 0 Å². The van der Waals surface area contributed by atoms with Gasteiger partial charge in [0.15, 0.2) is 0 Å². The molecule has 0 amide bonds. The second kappa shape index (κ2) is 4.42. The number of imidazole rings is 1. The van der Waals surface area contributed by atoms with E-state index in [0.29, 0.717) is 0 Å². The molecule has 0 saturated carbocycles. The van der Waals surface area contributed by atoms with Crippen molar-refractivity contribution >= 4 is 0 Å². The van der Waals surface area contributed by atoms with Gasteiger partial charge in [-0.25, -0.2) is 4.98 Å². The van der Waals surface area contributed by atoms with Crippen LogP contribution in [0.25, 0.3) is 0 Å². The lowest BCUT2D eigenvalue weighted by Gasteiger charge is -2.35. The Morgan fingerprint density at radius 1 is 1.41 bits per heavy atom. The molecule has 2 fully saturated rings. The number of hydrogen-bond donors (Lipinski definition) is 1. The highest BCUT2D eigenvalue weighted by Crippen LogP contribution is 2.29. The number of hydrogen-bond acceptors (Lipinski definition) is 3. The van der Waals surface area contributed by atoms with E-state index in [1.807, 2.05) is 12.4 Å². The first-order valence-corrected chi connectivity index (χ1v) is 6.65. The first-order valence-electron chi connectivity index (χ1n) is 6.65. The molecule has 2 aliphatic heterocycles. The number of piperidine rings is 1. The smallest absolute Gasteiger partial charge is 0.122 e. The third-order valence-electron chi connectivity index (χ3n) is 4.38. The van der Waals surface area contributed by atoms with Crippen molar-refractivity contribution in [1.82, 2.24) is 19.8 Å². The highest BCUT2D eigenvalue weighted by Gasteiger charge is 2.35. The Morgan fingerprint density at radius 2 is 2.12 bits per heavy atom. The fourth-order valence-electron chi connectivity index (χ4n) is 3.29. The average molecular weight is 234 g/mol. The summed E-state index contributed by atoms with van der Waals surface area (Å²) in [4.78, 5) is 6.89. The summed E-state index contributed by atoms with van der Waals surface area (Å²) >= 11 is 0. The third-order valence-corrected chi connectivity index (χ3v) is 4.38. The van der Waals surface area contributed by atoms with E-state index in [-0.39, 0.29) is 0 Å². The zero-order valence-corrected chi connectivity index (χ0v) is 10.8. The Hall–Kier alpha value is -0.870. The summed E-state index contributed by atoms with van der Waals surface area (Å²) in [5.74, 6) is 1.17. The number of nitrogens with one attached hydrogen (secondary N) is 1. The zero-order valence-electron chi connectivity index (χ0n) is 10.8. The van der Waals surface area contributed by atoms with Gasteiger partial charge in [-0.05, 0) is 32.7 Å². The number of rotatable bonds is 3. The maximum Gasteiger partial charge on any atom is 0.122 e.